The van der Waals surface area contributed by atoms with Crippen molar-refractivity contribution < 1.29 is 9.18 Å². The lowest BCUT2D eigenvalue weighted by atomic mass is 9.89. The molecule has 1 aliphatic rings. The molecule has 0 saturated carbocycles. The van der Waals surface area contributed by atoms with Gasteiger partial charge in [0.05, 0.1) is 5.83 Å². The number of nitrogens with zero attached hydrogens (tertiary/aromatic N) is 1. The molecule has 0 aliphatic carbocycles. The van der Waals surface area contributed by atoms with Gasteiger partial charge in [0.2, 0.25) is 0 Å². The topological polar surface area (TPSA) is 20.3 Å². The Morgan fingerprint density at radius 2 is 2.00 bits per heavy atom. The van der Waals surface area contributed by atoms with Crippen LogP contribution < -0.4 is 0 Å². The van der Waals surface area contributed by atoms with E-state index < -0.39 is 0 Å². The quantitative estimate of drug-likeness (QED) is 0.558. The van der Waals surface area contributed by atoms with Gasteiger partial charge in [-0.2, -0.15) is 0 Å². The summed E-state index contributed by atoms with van der Waals surface area (Å²) < 4.78 is 14.2. The molecule has 1 heterocycles. The van der Waals surface area contributed by atoms with E-state index in [2.05, 4.69) is 25.7 Å². The number of aldehydes is 1. The molecule has 0 amide bonds. The minimum atomic E-state index is -0.0818. The minimum Gasteiger partial charge on any atom is -0.303 e. The average Bonchev–Trinajstić information content (AvgIpc) is 2.81. The minimum absolute atomic E-state index is 0.0253. The largest absolute Gasteiger partial charge is 0.303 e. The van der Waals surface area contributed by atoms with Crippen molar-refractivity contribution in [1.29, 1.82) is 0 Å². The molecule has 1 saturated heterocycles. The molecule has 0 bridgehead atoms. The molecule has 114 valence electrons. The third kappa shape index (κ3) is 4.27. The van der Waals surface area contributed by atoms with Crippen molar-refractivity contribution >= 4 is 6.29 Å². The van der Waals surface area contributed by atoms with Gasteiger partial charge in [-0.15, -0.1) is 0 Å². The molecule has 2 atom stereocenters. The highest BCUT2D eigenvalue weighted by molar-refractivity contribution is 5.56. The SMILES string of the molecule is C/C=C\CC/C(F)=C(\C)[C@@H]1CN(C(C)(C)C)CC1C=O. The Labute approximate surface area is 122 Å². The van der Waals surface area contributed by atoms with Crippen LogP contribution in [0.25, 0.3) is 0 Å². The van der Waals surface area contributed by atoms with E-state index in [1.165, 1.54) is 0 Å². The lowest BCUT2D eigenvalue weighted by Crippen LogP contribution is -2.39. The average molecular weight is 281 g/mol. The van der Waals surface area contributed by atoms with Crippen molar-refractivity contribution in [1.82, 2.24) is 4.90 Å². The second-order valence-corrected chi connectivity index (χ2v) is 6.68. The number of hydrogen-bond donors (Lipinski definition) is 0. The van der Waals surface area contributed by atoms with Crippen LogP contribution in [0.3, 0.4) is 0 Å². The van der Waals surface area contributed by atoms with Crippen molar-refractivity contribution in [3.8, 4) is 0 Å². The van der Waals surface area contributed by atoms with Gasteiger partial charge in [-0.05, 0) is 46.6 Å². The molecule has 0 aromatic rings. The lowest BCUT2D eigenvalue weighted by Gasteiger charge is -2.31. The molecule has 0 spiro atoms. The third-order valence-electron chi connectivity index (χ3n) is 4.24. The molecule has 0 N–H and O–H groups in total. The highest BCUT2D eigenvalue weighted by Crippen LogP contribution is 2.34. The maximum atomic E-state index is 14.2. The fourth-order valence-electron chi connectivity index (χ4n) is 2.75. The van der Waals surface area contributed by atoms with E-state index in [1.54, 1.807) is 0 Å². The summed E-state index contributed by atoms with van der Waals surface area (Å²) in [4.78, 5) is 13.6. The first-order chi connectivity index (χ1) is 9.31. The highest BCUT2D eigenvalue weighted by atomic mass is 19.1. The van der Waals surface area contributed by atoms with Gasteiger partial charge < -0.3 is 4.79 Å². The summed E-state index contributed by atoms with van der Waals surface area (Å²) in [6, 6.07) is 0. The molecule has 0 radical (unpaired) electrons. The third-order valence-corrected chi connectivity index (χ3v) is 4.24. The van der Waals surface area contributed by atoms with Crippen LogP contribution in [-0.4, -0.2) is 29.8 Å². The molecule has 0 aromatic carbocycles. The number of halogens is 1. The maximum Gasteiger partial charge on any atom is 0.125 e. The maximum absolute atomic E-state index is 14.2. The van der Waals surface area contributed by atoms with E-state index in [0.717, 1.165) is 31.4 Å². The number of rotatable bonds is 5. The van der Waals surface area contributed by atoms with E-state index in [-0.39, 0.29) is 23.2 Å². The van der Waals surface area contributed by atoms with Crippen LogP contribution in [0.1, 0.15) is 47.5 Å². The second-order valence-electron chi connectivity index (χ2n) is 6.68. The molecule has 1 unspecified atom stereocenters. The number of hydrogen-bond acceptors (Lipinski definition) is 2. The Hall–Kier alpha value is -0.960. The van der Waals surface area contributed by atoms with Crippen molar-refractivity contribution in [3.05, 3.63) is 23.6 Å². The molecule has 2 nitrogen and oxygen atoms in total. The number of carbonyl (C=O) groups excluding carboxylic acids is 1. The summed E-state index contributed by atoms with van der Waals surface area (Å²) in [5.74, 6) is -0.102. The zero-order valence-electron chi connectivity index (χ0n) is 13.4. The Balaban J connectivity index is 2.82. The van der Waals surface area contributed by atoms with Gasteiger partial charge in [-0.1, -0.05) is 12.2 Å². The molecular formula is C17H28FNO. The van der Waals surface area contributed by atoms with Crippen LogP contribution in [0, 0.1) is 11.8 Å². The van der Waals surface area contributed by atoms with E-state index >= 15 is 0 Å². The second kappa shape index (κ2) is 7.16. The predicted molar refractivity (Wildman–Crippen MR) is 82.2 cm³/mol. The zero-order chi connectivity index (χ0) is 15.3. The van der Waals surface area contributed by atoms with Gasteiger partial charge in [0.1, 0.15) is 6.29 Å². The van der Waals surface area contributed by atoms with E-state index in [9.17, 15) is 9.18 Å². The van der Waals surface area contributed by atoms with Crippen LogP contribution in [0.15, 0.2) is 23.6 Å². The molecule has 1 fully saturated rings. The van der Waals surface area contributed by atoms with Gasteiger partial charge >= 0.3 is 0 Å². The number of carbonyl (C=O) groups is 1. The van der Waals surface area contributed by atoms with Crippen molar-refractivity contribution in [2.24, 2.45) is 11.8 Å². The molecular weight excluding hydrogens is 253 g/mol. The van der Waals surface area contributed by atoms with E-state index in [1.807, 2.05) is 26.0 Å². The first kappa shape index (κ1) is 17.1. The predicted octanol–water partition coefficient (Wildman–Crippen LogP) is 4.13. The fourth-order valence-corrected chi connectivity index (χ4v) is 2.75. The van der Waals surface area contributed by atoms with Gasteiger partial charge in [0.25, 0.3) is 0 Å². The monoisotopic (exact) mass is 281 g/mol. The smallest absolute Gasteiger partial charge is 0.125 e. The Morgan fingerprint density at radius 3 is 2.50 bits per heavy atom. The Kier molecular flexibility index (Phi) is 6.12. The first-order valence-electron chi connectivity index (χ1n) is 7.48. The summed E-state index contributed by atoms with van der Waals surface area (Å²) in [7, 11) is 0. The zero-order valence-corrected chi connectivity index (χ0v) is 13.4. The number of allylic oxidation sites excluding steroid dienone is 3. The summed E-state index contributed by atoms with van der Waals surface area (Å²) in [6.07, 6.45) is 6.07. The Bertz CT molecular complexity index is 392. The lowest BCUT2D eigenvalue weighted by molar-refractivity contribution is -0.111. The van der Waals surface area contributed by atoms with Gasteiger partial charge in [0, 0.05) is 36.9 Å². The van der Waals surface area contributed by atoms with Gasteiger partial charge in [-0.25, -0.2) is 4.39 Å². The van der Waals surface area contributed by atoms with Crippen LogP contribution in [-0.2, 0) is 4.79 Å². The van der Waals surface area contributed by atoms with Crippen LogP contribution in [0.4, 0.5) is 4.39 Å². The molecule has 1 rings (SSSR count). The van der Waals surface area contributed by atoms with Crippen molar-refractivity contribution in [2.75, 3.05) is 13.1 Å². The van der Waals surface area contributed by atoms with Crippen molar-refractivity contribution in [3.63, 3.8) is 0 Å². The summed E-state index contributed by atoms with van der Waals surface area (Å²) >= 11 is 0. The molecule has 3 heteroatoms. The van der Waals surface area contributed by atoms with Crippen molar-refractivity contribution in [2.45, 2.75) is 53.0 Å². The molecule has 1 aliphatic heterocycles. The van der Waals surface area contributed by atoms with E-state index in [0.29, 0.717) is 6.42 Å². The van der Waals surface area contributed by atoms with Crippen LogP contribution in [0.5, 0.6) is 0 Å². The molecule has 0 aromatic heterocycles. The Morgan fingerprint density at radius 1 is 1.35 bits per heavy atom. The van der Waals surface area contributed by atoms with Gasteiger partial charge in [-0.3, -0.25) is 4.90 Å². The van der Waals surface area contributed by atoms with Crippen LogP contribution >= 0.6 is 0 Å². The van der Waals surface area contributed by atoms with Crippen LogP contribution in [0.2, 0.25) is 0 Å². The highest BCUT2D eigenvalue weighted by Gasteiger charge is 2.38. The standard InChI is InChI=1S/C17H28FNO/c1-6-7-8-9-16(18)13(2)15-11-19(17(3,4)5)10-14(15)12-20/h6-7,12,14-15H,8-11H2,1-5H3/b7-6-,16-13-/t14?,15-/m0/s1. The first-order valence-corrected chi connectivity index (χ1v) is 7.48. The normalized spacial score (nSPS) is 26.1. The van der Waals surface area contributed by atoms with E-state index in [4.69, 9.17) is 0 Å². The summed E-state index contributed by atoms with van der Waals surface area (Å²) in [6.45, 7) is 11.7. The summed E-state index contributed by atoms with van der Waals surface area (Å²) in [5, 5.41) is 0. The number of likely N-dealkylation sites (tertiary alicyclic amines) is 1. The molecule has 20 heavy (non-hydrogen) atoms. The van der Waals surface area contributed by atoms with Gasteiger partial charge in [0.15, 0.2) is 0 Å². The fraction of sp³-hybridized carbons (Fsp3) is 0.706. The summed E-state index contributed by atoms with van der Waals surface area (Å²) in [5.41, 5.74) is 0.788.